The van der Waals surface area contributed by atoms with E-state index in [2.05, 4.69) is 21.9 Å². The predicted octanol–water partition coefficient (Wildman–Crippen LogP) is 4.92. The average molecular weight is 468 g/mol. The van der Waals surface area contributed by atoms with Crippen molar-refractivity contribution < 1.29 is 17.9 Å². The molecule has 0 saturated carbocycles. The molecule has 3 aromatic carbocycles. The van der Waals surface area contributed by atoms with Crippen LogP contribution in [0.25, 0.3) is 10.2 Å². The van der Waals surface area contributed by atoms with E-state index in [9.17, 15) is 13.2 Å². The smallest absolute Gasteiger partial charge is 0.261 e. The quantitative estimate of drug-likeness (QED) is 0.402. The van der Waals surface area contributed by atoms with Gasteiger partial charge in [0.15, 0.2) is 5.13 Å². The second kappa shape index (κ2) is 8.97. The number of para-hydroxylation sites is 2. The molecule has 32 heavy (non-hydrogen) atoms. The van der Waals surface area contributed by atoms with Crippen LogP contribution in [0, 0.1) is 0 Å². The summed E-state index contributed by atoms with van der Waals surface area (Å²) in [5.41, 5.74) is 2.34. The van der Waals surface area contributed by atoms with Gasteiger partial charge in [0.2, 0.25) is 0 Å². The number of anilines is 2. The van der Waals surface area contributed by atoms with Crippen molar-refractivity contribution in [1.82, 2.24) is 4.98 Å². The fourth-order valence-electron chi connectivity index (χ4n) is 3.24. The van der Waals surface area contributed by atoms with Gasteiger partial charge in [0, 0.05) is 0 Å². The normalized spacial score (nSPS) is 11.3. The van der Waals surface area contributed by atoms with Crippen molar-refractivity contribution in [2.45, 2.75) is 18.2 Å². The van der Waals surface area contributed by atoms with Gasteiger partial charge in [-0.25, -0.2) is 13.4 Å². The highest BCUT2D eigenvalue weighted by atomic mass is 32.2. The van der Waals surface area contributed by atoms with Crippen LogP contribution in [0.3, 0.4) is 0 Å². The van der Waals surface area contributed by atoms with Crippen LogP contribution >= 0.6 is 11.3 Å². The standard InChI is InChI=1S/C23H21N3O4S2/c1-3-15-7-6-10-20-21(15)24-23(31-20)25-22(27)18-8-4-5-9-19(18)26-32(28,29)17-13-11-16(30-2)12-14-17/h4-14,26H,3H2,1-2H3,(H,24,25,27). The van der Waals surface area contributed by atoms with Crippen molar-refractivity contribution in [3.8, 4) is 5.75 Å². The third-order valence-corrected chi connectivity index (χ3v) is 7.21. The van der Waals surface area contributed by atoms with E-state index in [1.54, 1.807) is 36.4 Å². The minimum atomic E-state index is -3.90. The fourth-order valence-corrected chi connectivity index (χ4v) is 5.23. The highest BCUT2D eigenvalue weighted by Gasteiger charge is 2.20. The van der Waals surface area contributed by atoms with Gasteiger partial charge in [-0.3, -0.25) is 14.8 Å². The number of amides is 1. The first-order valence-electron chi connectivity index (χ1n) is 9.87. The molecule has 1 aromatic heterocycles. The largest absolute Gasteiger partial charge is 0.497 e. The van der Waals surface area contributed by atoms with Gasteiger partial charge in [-0.2, -0.15) is 0 Å². The topological polar surface area (TPSA) is 97.4 Å². The Bertz CT molecular complexity index is 1380. The number of rotatable bonds is 7. The van der Waals surface area contributed by atoms with Crippen LogP contribution < -0.4 is 14.8 Å². The van der Waals surface area contributed by atoms with Crippen molar-refractivity contribution in [3.63, 3.8) is 0 Å². The monoisotopic (exact) mass is 467 g/mol. The maximum atomic E-state index is 13.0. The number of carbonyl (C=O) groups excluding carboxylic acids is 1. The van der Waals surface area contributed by atoms with E-state index >= 15 is 0 Å². The summed E-state index contributed by atoms with van der Waals surface area (Å²) in [5, 5.41) is 3.25. The van der Waals surface area contributed by atoms with Crippen molar-refractivity contribution >= 4 is 48.3 Å². The summed E-state index contributed by atoms with van der Waals surface area (Å²) >= 11 is 1.38. The summed E-state index contributed by atoms with van der Waals surface area (Å²) in [5.74, 6) is 0.0981. The van der Waals surface area contributed by atoms with E-state index < -0.39 is 15.9 Å². The summed E-state index contributed by atoms with van der Waals surface area (Å²) in [7, 11) is -2.39. The number of hydrogen-bond donors (Lipinski definition) is 2. The van der Waals surface area contributed by atoms with Crippen molar-refractivity contribution in [3.05, 3.63) is 77.9 Å². The lowest BCUT2D eigenvalue weighted by Crippen LogP contribution is -2.18. The summed E-state index contributed by atoms with van der Waals surface area (Å²) in [6, 6.07) is 18.4. The number of aryl methyl sites for hydroxylation is 1. The first kappa shape index (κ1) is 21.8. The second-order valence-electron chi connectivity index (χ2n) is 6.92. The zero-order valence-corrected chi connectivity index (χ0v) is 19.1. The highest BCUT2D eigenvalue weighted by Crippen LogP contribution is 2.29. The highest BCUT2D eigenvalue weighted by molar-refractivity contribution is 7.92. The molecule has 0 unspecified atom stereocenters. The van der Waals surface area contributed by atoms with Gasteiger partial charge in [0.1, 0.15) is 5.75 Å². The van der Waals surface area contributed by atoms with Crippen molar-refractivity contribution in [2.75, 3.05) is 17.1 Å². The van der Waals surface area contributed by atoms with Gasteiger partial charge in [-0.05, 0) is 54.4 Å². The van der Waals surface area contributed by atoms with Crippen molar-refractivity contribution in [2.24, 2.45) is 0 Å². The Labute approximate surface area is 190 Å². The van der Waals surface area contributed by atoms with Crippen molar-refractivity contribution in [1.29, 1.82) is 0 Å². The summed E-state index contributed by atoms with van der Waals surface area (Å²) in [6.45, 7) is 2.05. The van der Waals surface area contributed by atoms with Gasteiger partial charge in [0.25, 0.3) is 15.9 Å². The molecule has 0 aliphatic carbocycles. The van der Waals surface area contributed by atoms with Crippen LogP contribution in [0.5, 0.6) is 5.75 Å². The molecule has 0 aliphatic heterocycles. The molecular weight excluding hydrogens is 446 g/mol. The van der Waals surface area contributed by atoms with E-state index in [1.165, 1.54) is 30.6 Å². The van der Waals surface area contributed by atoms with Crippen LogP contribution in [0.2, 0.25) is 0 Å². The molecule has 0 fully saturated rings. The fraction of sp³-hybridized carbons (Fsp3) is 0.130. The molecule has 164 valence electrons. The van der Waals surface area contributed by atoms with Crippen LogP contribution in [0.4, 0.5) is 10.8 Å². The minimum Gasteiger partial charge on any atom is -0.497 e. The third kappa shape index (κ3) is 4.44. The Morgan fingerprint density at radius 1 is 1.03 bits per heavy atom. The van der Waals surface area contributed by atoms with Crippen LogP contribution in [-0.2, 0) is 16.4 Å². The lowest BCUT2D eigenvalue weighted by molar-refractivity contribution is 0.102. The molecule has 1 amide bonds. The Kier molecular flexibility index (Phi) is 6.11. The average Bonchev–Trinajstić information content (AvgIpc) is 3.21. The number of sulfonamides is 1. The van der Waals surface area contributed by atoms with Gasteiger partial charge in [-0.1, -0.05) is 42.5 Å². The van der Waals surface area contributed by atoms with Gasteiger partial charge in [-0.15, -0.1) is 0 Å². The molecule has 0 saturated heterocycles. The number of nitrogens with zero attached hydrogens (tertiary/aromatic N) is 1. The molecule has 9 heteroatoms. The maximum absolute atomic E-state index is 13.0. The van der Waals surface area contributed by atoms with E-state index in [0.29, 0.717) is 10.9 Å². The molecule has 0 radical (unpaired) electrons. The number of thiazole rings is 1. The van der Waals surface area contributed by atoms with E-state index in [1.807, 2.05) is 18.2 Å². The Hall–Kier alpha value is -3.43. The lowest BCUT2D eigenvalue weighted by atomic mass is 10.1. The molecule has 1 heterocycles. The molecule has 2 N–H and O–H groups in total. The number of ether oxygens (including phenoxy) is 1. The zero-order chi connectivity index (χ0) is 22.7. The number of aromatic nitrogens is 1. The summed E-state index contributed by atoms with van der Waals surface area (Å²) < 4.78 is 34.2. The number of methoxy groups -OCH3 is 1. The SMILES string of the molecule is CCc1cccc2sc(NC(=O)c3ccccc3NS(=O)(=O)c3ccc(OC)cc3)nc12. The summed E-state index contributed by atoms with van der Waals surface area (Å²) in [6.07, 6.45) is 0.838. The molecule has 0 bridgehead atoms. The Balaban J connectivity index is 1.59. The maximum Gasteiger partial charge on any atom is 0.261 e. The van der Waals surface area contributed by atoms with Crippen LogP contribution in [-0.4, -0.2) is 26.4 Å². The van der Waals surface area contributed by atoms with Gasteiger partial charge < -0.3 is 4.74 Å². The molecule has 0 aliphatic rings. The van der Waals surface area contributed by atoms with Gasteiger partial charge in [0.05, 0.1) is 33.5 Å². The third-order valence-electron chi connectivity index (χ3n) is 4.89. The predicted molar refractivity (Wildman–Crippen MR) is 127 cm³/mol. The second-order valence-corrected chi connectivity index (χ2v) is 9.63. The summed E-state index contributed by atoms with van der Waals surface area (Å²) in [4.78, 5) is 17.6. The van der Waals surface area contributed by atoms with Crippen LogP contribution in [0.1, 0.15) is 22.8 Å². The number of benzene rings is 3. The molecular formula is C23H21N3O4S2. The first-order valence-corrected chi connectivity index (χ1v) is 12.2. The Morgan fingerprint density at radius 3 is 2.50 bits per heavy atom. The molecule has 0 spiro atoms. The number of fused-ring (bicyclic) bond motifs is 1. The van der Waals surface area contributed by atoms with E-state index in [-0.39, 0.29) is 16.1 Å². The number of hydrogen-bond acceptors (Lipinski definition) is 6. The zero-order valence-electron chi connectivity index (χ0n) is 17.5. The first-order chi connectivity index (χ1) is 15.4. The molecule has 4 rings (SSSR count). The minimum absolute atomic E-state index is 0.0618. The van der Waals surface area contributed by atoms with Crippen LogP contribution in [0.15, 0.2) is 71.6 Å². The number of nitrogens with one attached hydrogen (secondary N) is 2. The van der Waals surface area contributed by atoms with Gasteiger partial charge >= 0.3 is 0 Å². The van der Waals surface area contributed by atoms with E-state index in [0.717, 1.165) is 22.2 Å². The number of carbonyl (C=O) groups is 1. The lowest BCUT2D eigenvalue weighted by Gasteiger charge is -2.12. The molecule has 7 nitrogen and oxygen atoms in total. The van der Waals surface area contributed by atoms with E-state index in [4.69, 9.17) is 4.74 Å². The molecule has 0 atom stereocenters. The molecule has 4 aromatic rings. The Morgan fingerprint density at radius 2 is 1.78 bits per heavy atom.